The van der Waals surface area contributed by atoms with Crippen LogP contribution in [0, 0.1) is 22.9 Å². The van der Waals surface area contributed by atoms with Gasteiger partial charge in [0.05, 0.1) is 4.92 Å². The van der Waals surface area contributed by atoms with Gasteiger partial charge >= 0.3 is 0 Å². The fourth-order valence-electron chi connectivity index (χ4n) is 1.71. The molecule has 0 aromatic heterocycles. The predicted molar refractivity (Wildman–Crippen MR) is 79.9 cm³/mol. The van der Waals surface area contributed by atoms with Crippen LogP contribution >= 0.6 is 15.9 Å². The molecule has 0 aliphatic heterocycles. The van der Waals surface area contributed by atoms with Crippen LogP contribution in [0.5, 0.6) is 0 Å². The standard InChI is InChI=1S/C14H10BrFN2O3/c1-8-5-6-9(7-10(8)15)14(19)17-13-11(16)3-2-4-12(13)18(20)21/h2-7H,1H3,(H,17,19). The first-order chi connectivity index (χ1) is 9.90. The van der Waals surface area contributed by atoms with Crippen molar-refractivity contribution in [3.63, 3.8) is 0 Å². The van der Waals surface area contributed by atoms with E-state index in [1.165, 1.54) is 6.07 Å². The highest BCUT2D eigenvalue weighted by molar-refractivity contribution is 9.10. The highest BCUT2D eigenvalue weighted by Gasteiger charge is 2.20. The van der Waals surface area contributed by atoms with Gasteiger partial charge in [-0.1, -0.05) is 28.1 Å². The van der Waals surface area contributed by atoms with Gasteiger partial charge in [0.1, 0.15) is 0 Å². The van der Waals surface area contributed by atoms with Gasteiger partial charge in [-0.05, 0) is 30.7 Å². The second-order valence-corrected chi connectivity index (χ2v) is 5.16. The molecule has 0 unspecified atom stereocenters. The summed E-state index contributed by atoms with van der Waals surface area (Å²) in [7, 11) is 0. The molecule has 1 N–H and O–H groups in total. The van der Waals surface area contributed by atoms with E-state index in [0.717, 1.165) is 22.2 Å². The van der Waals surface area contributed by atoms with E-state index in [9.17, 15) is 19.3 Å². The zero-order valence-corrected chi connectivity index (χ0v) is 12.5. The summed E-state index contributed by atoms with van der Waals surface area (Å²) < 4.78 is 14.4. The van der Waals surface area contributed by atoms with Gasteiger partial charge < -0.3 is 5.32 Å². The summed E-state index contributed by atoms with van der Waals surface area (Å²) in [5, 5.41) is 13.1. The Kier molecular flexibility index (Phi) is 4.32. The minimum absolute atomic E-state index is 0.269. The Bertz CT molecular complexity index is 734. The Balaban J connectivity index is 2.36. The van der Waals surface area contributed by atoms with Gasteiger partial charge in [-0.2, -0.15) is 0 Å². The lowest BCUT2D eigenvalue weighted by Gasteiger charge is -2.08. The number of nitrogens with one attached hydrogen (secondary N) is 1. The number of nitro benzene ring substituents is 1. The molecule has 21 heavy (non-hydrogen) atoms. The summed E-state index contributed by atoms with van der Waals surface area (Å²) >= 11 is 3.29. The first-order valence-corrected chi connectivity index (χ1v) is 6.70. The fourth-order valence-corrected chi connectivity index (χ4v) is 2.09. The van der Waals surface area contributed by atoms with Crippen LogP contribution in [-0.2, 0) is 0 Å². The van der Waals surface area contributed by atoms with Crippen molar-refractivity contribution in [2.75, 3.05) is 5.32 Å². The number of para-hydroxylation sites is 1. The maximum absolute atomic E-state index is 13.7. The molecule has 108 valence electrons. The van der Waals surface area contributed by atoms with Crippen molar-refractivity contribution in [1.29, 1.82) is 0 Å². The highest BCUT2D eigenvalue weighted by atomic mass is 79.9. The molecular formula is C14H10BrFN2O3. The molecule has 2 aromatic rings. The van der Waals surface area contributed by atoms with Gasteiger partial charge in [-0.25, -0.2) is 4.39 Å². The molecule has 0 spiro atoms. The molecule has 0 heterocycles. The van der Waals surface area contributed by atoms with Crippen LogP contribution in [-0.4, -0.2) is 10.8 Å². The smallest absolute Gasteiger partial charge is 0.295 e. The minimum Gasteiger partial charge on any atom is -0.314 e. The van der Waals surface area contributed by atoms with Crippen molar-refractivity contribution in [3.05, 3.63) is 67.9 Å². The van der Waals surface area contributed by atoms with Gasteiger partial charge in [0.25, 0.3) is 11.6 Å². The summed E-state index contributed by atoms with van der Waals surface area (Å²) in [5.41, 5.74) is 0.271. The monoisotopic (exact) mass is 352 g/mol. The average Bonchev–Trinajstić information content (AvgIpc) is 2.43. The maximum atomic E-state index is 13.7. The third-order valence-corrected chi connectivity index (χ3v) is 3.72. The van der Waals surface area contributed by atoms with E-state index in [4.69, 9.17) is 0 Å². The van der Waals surface area contributed by atoms with Crippen LogP contribution in [0.1, 0.15) is 15.9 Å². The van der Waals surface area contributed by atoms with E-state index >= 15 is 0 Å². The van der Waals surface area contributed by atoms with Crippen molar-refractivity contribution in [2.24, 2.45) is 0 Å². The van der Waals surface area contributed by atoms with E-state index in [2.05, 4.69) is 21.2 Å². The summed E-state index contributed by atoms with van der Waals surface area (Å²) in [6.45, 7) is 1.85. The van der Waals surface area contributed by atoms with Crippen molar-refractivity contribution < 1.29 is 14.1 Å². The van der Waals surface area contributed by atoms with Crippen LogP contribution in [0.15, 0.2) is 40.9 Å². The zero-order chi connectivity index (χ0) is 15.6. The zero-order valence-electron chi connectivity index (χ0n) is 10.9. The Morgan fingerprint density at radius 1 is 1.33 bits per heavy atom. The predicted octanol–water partition coefficient (Wildman–Crippen LogP) is 4.06. The molecule has 0 radical (unpaired) electrons. The molecule has 0 saturated carbocycles. The number of nitrogens with zero attached hydrogens (tertiary/aromatic N) is 1. The molecule has 0 bridgehead atoms. The van der Waals surface area contributed by atoms with Gasteiger partial charge in [-0.15, -0.1) is 0 Å². The topological polar surface area (TPSA) is 72.2 Å². The number of aryl methyl sites for hydroxylation is 1. The number of hydrogen-bond donors (Lipinski definition) is 1. The van der Waals surface area contributed by atoms with E-state index in [1.807, 2.05) is 6.92 Å². The van der Waals surface area contributed by atoms with Crippen molar-refractivity contribution in [3.8, 4) is 0 Å². The SMILES string of the molecule is Cc1ccc(C(=O)Nc2c(F)cccc2[N+](=O)[O-])cc1Br. The summed E-state index contributed by atoms with van der Waals surface area (Å²) in [5.74, 6) is -1.48. The Morgan fingerprint density at radius 3 is 2.67 bits per heavy atom. The highest BCUT2D eigenvalue weighted by Crippen LogP contribution is 2.28. The molecule has 2 aromatic carbocycles. The van der Waals surface area contributed by atoms with E-state index in [0.29, 0.717) is 0 Å². The lowest BCUT2D eigenvalue weighted by Crippen LogP contribution is -2.14. The van der Waals surface area contributed by atoms with Gasteiger partial charge in [0.15, 0.2) is 11.5 Å². The largest absolute Gasteiger partial charge is 0.314 e. The van der Waals surface area contributed by atoms with E-state index in [1.54, 1.807) is 18.2 Å². The van der Waals surface area contributed by atoms with Gasteiger partial charge in [0, 0.05) is 16.1 Å². The molecule has 0 aliphatic rings. The normalized spacial score (nSPS) is 10.2. The Labute approximate surface area is 128 Å². The number of carbonyl (C=O) groups excluding carboxylic acids is 1. The van der Waals surface area contributed by atoms with Crippen molar-refractivity contribution >= 4 is 33.2 Å². The van der Waals surface area contributed by atoms with Crippen molar-refractivity contribution in [2.45, 2.75) is 6.92 Å². The van der Waals surface area contributed by atoms with Gasteiger partial charge in [-0.3, -0.25) is 14.9 Å². The quantitative estimate of drug-likeness (QED) is 0.668. The van der Waals surface area contributed by atoms with Crippen LogP contribution in [0.4, 0.5) is 15.8 Å². The molecule has 1 amide bonds. The number of amides is 1. The molecule has 0 aliphatic carbocycles. The number of benzene rings is 2. The van der Waals surface area contributed by atoms with E-state index in [-0.39, 0.29) is 5.56 Å². The molecule has 5 nitrogen and oxygen atoms in total. The van der Waals surface area contributed by atoms with E-state index < -0.39 is 28.0 Å². The number of hydrogen-bond acceptors (Lipinski definition) is 3. The number of carbonyl (C=O) groups is 1. The molecule has 0 atom stereocenters. The maximum Gasteiger partial charge on any atom is 0.295 e. The van der Waals surface area contributed by atoms with Crippen LogP contribution in [0.2, 0.25) is 0 Å². The molecular weight excluding hydrogens is 343 g/mol. The second kappa shape index (κ2) is 6.01. The molecule has 2 rings (SSSR count). The Morgan fingerprint density at radius 2 is 2.05 bits per heavy atom. The third kappa shape index (κ3) is 3.25. The lowest BCUT2D eigenvalue weighted by molar-refractivity contribution is -0.384. The number of halogens is 2. The minimum atomic E-state index is -0.858. The fraction of sp³-hybridized carbons (Fsp3) is 0.0714. The molecule has 7 heteroatoms. The van der Waals surface area contributed by atoms with Crippen LogP contribution < -0.4 is 5.32 Å². The second-order valence-electron chi connectivity index (χ2n) is 4.31. The first-order valence-electron chi connectivity index (χ1n) is 5.90. The average molecular weight is 353 g/mol. The summed E-state index contributed by atoms with van der Waals surface area (Å²) in [4.78, 5) is 22.2. The Hall–Kier alpha value is -2.28. The summed E-state index contributed by atoms with van der Waals surface area (Å²) in [6, 6.07) is 8.23. The van der Waals surface area contributed by atoms with Crippen molar-refractivity contribution in [1.82, 2.24) is 0 Å². The van der Waals surface area contributed by atoms with Gasteiger partial charge in [0.2, 0.25) is 0 Å². The molecule has 0 fully saturated rings. The number of nitro groups is 1. The van der Waals surface area contributed by atoms with Crippen LogP contribution in [0.25, 0.3) is 0 Å². The third-order valence-electron chi connectivity index (χ3n) is 2.86. The van der Waals surface area contributed by atoms with Crippen LogP contribution in [0.3, 0.4) is 0 Å². The summed E-state index contributed by atoms with van der Waals surface area (Å²) in [6.07, 6.45) is 0. The number of anilines is 1. The number of rotatable bonds is 3. The lowest BCUT2D eigenvalue weighted by atomic mass is 10.1. The first kappa shape index (κ1) is 15.1. The molecule has 0 saturated heterocycles.